The number of benzene rings is 1. The van der Waals surface area contributed by atoms with Gasteiger partial charge in [0.1, 0.15) is 0 Å². The Bertz CT molecular complexity index is 1050. The van der Waals surface area contributed by atoms with Gasteiger partial charge in [-0.15, -0.1) is 0 Å². The maximum Gasteiger partial charge on any atom is 0.170 e. The van der Waals surface area contributed by atoms with Crippen LogP contribution in [-0.2, 0) is 4.74 Å². The zero-order chi connectivity index (χ0) is 22.0. The number of thiocarbonyl (C=S) groups is 1. The van der Waals surface area contributed by atoms with Crippen LogP contribution in [0.1, 0.15) is 46.7 Å². The van der Waals surface area contributed by atoms with E-state index in [0.717, 1.165) is 23.8 Å². The summed E-state index contributed by atoms with van der Waals surface area (Å²) in [4.78, 5) is 6.99. The van der Waals surface area contributed by atoms with E-state index in [0.29, 0.717) is 6.61 Å². The van der Waals surface area contributed by atoms with Crippen molar-refractivity contribution in [2.45, 2.75) is 39.3 Å². The Morgan fingerprint density at radius 3 is 2.45 bits per heavy atom. The van der Waals surface area contributed by atoms with E-state index in [1.807, 2.05) is 18.3 Å². The molecule has 1 aliphatic rings. The van der Waals surface area contributed by atoms with Gasteiger partial charge < -0.3 is 19.5 Å². The molecular weight excluding hydrogens is 404 g/mol. The summed E-state index contributed by atoms with van der Waals surface area (Å²) >= 11 is 5.80. The number of rotatable bonds is 7. The molecule has 1 aliphatic heterocycles. The molecule has 1 fully saturated rings. The number of nitrogens with one attached hydrogen (secondary N) is 1. The zero-order valence-corrected chi connectivity index (χ0v) is 19.4. The Morgan fingerprint density at radius 2 is 1.77 bits per heavy atom. The fourth-order valence-corrected chi connectivity index (χ4v) is 5.08. The summed E-state index contributed by atoms with van der Waals surface area (Å²) in [5, 5.41) is 4.34. The minimum atomic E-state index is -0.000307. The third-order valence-electron chi connectivity index (χ3n) is 6.26. The van der Waals surface area contributed by atoms with Crippen molar-refractivity contribution in [2.24, 2.45) is 0 Å². The summed E-state index contributed by atoms with van der Waals surface area (Å²) in [7, 11) is 1.74. The Hall–Kier alpha value is -2.70. The highest BCUT2D eigenvalue weighted by Gasteiger charge is 2.42. The van der Waals surface area contributed by atoms with Crippen LogP contribution in [0.5, 0.6) is 0 Å². The van der Waals surface area contributed by atoms with Gasteiger partial charge in [-0.2, -0.15) is 0 Å². The molecule has 2 atom stereocenters. The standard InChI is InChI=1S/C25H30N4OS/c1-17-18(2)29(20-11-6-5-7-12-20)19(3)22(17)24-23(21-13-8-9-14-26-21)27-25(31)28(24)15-10-16-30-4/h5-9,11-14,23-24H,10,15-16H2,1-4H3,(H,27,31)/t23-,24+/m0/s1. The molecule has 0 spiro atoms. The van der Waals surface area contributed by atoms with Gasteiger partial charge >= 0.3 is 0 Å². The van der Waals surface area contributed by atoms with Crippen LogP contribution in [0.3, 0.4) is 0 Å². The van der Waals surface area contributed by atoms with Gasteiger partial charge in [0, 0.05) is 49.1 Å². The minimum absolute atomic E-state index is 0.000307. The van der Waals surface area contributed by atoms with Gasteiger partial charge in [0.15, 0.2) is 5.11 Å². The SMILES string of the molecule is COCCCN1C(=S)N[C@@H](c2ccccn2)[C@H]1c1c(C)c(C)n(-c2ccccc2)c1C. The van der Waals surface area contributed by atoms with Crippen molar-refractivity contribution < 1.29 is 4.74 Å². The second-order valence-corrected chi connectivity index (χ2v) is 8.43. The topological polar surface area (TPSA) is 42.3 Å². The Kier molecular flexibility index (Phi) is 6.39. The van der Waals surface area contributed by atoms with Gasteiger partial charge in [-0.25, -0.2) is 0 Å². The van der Waals surface area contributed by atoms with Crippen LogP contribution < -0.4 is 5.32 Å². The van der Waals surface area contributed by atoms with Crippen molar-refractivity contribution in [3.8, 4) is 5.69 Å². The molecule has 1 saturated heterocycles. The molecular formula is C25H30N4OS. The molecule has 6 heteroatoms. The number of aromatic nitrogens is 2. The predicted molar refractivity (Wildman–Crippen MR) is 129 cm³/mol. The summed E-state index contributed by atoms with van der Waals surface area (Å²) in [5.74, 6) is 0. The van der Waals surface area contributed by atoms with E-state index < -0.39 is 0 Å². The number of ether oxygens (including phenoxy) is 1. The second kappa shape index (κ2) is 9.20. The van der Waals surface area contributed by atoms with Crippen molar-refractivity contribution in [1.29, 1.82) is 0 Å². The minimum Gasteiger partial charge on any atom is -0.385 e. The number of para-hydroxylation sites is 1. The van der Waals surface area contributed by atoms with E-state index in [4.69, 9.17) is 17.0 Å². The lowest BCUT2D eigenvalue weighted by atomic mass is 9.93. The molecule has 0 unspecified atom stereocenters. The maximum absolute atomic E-state index is 5.80. The third kappa shape index (κ3) is 3.98. The molecule has 4 rings (SSSR count). The lowest BCUT2D eigenvalue weighted by Crippen LogP contribution is -2.31. The number of nitrogens with zero attached hydrogens (tertiary/aromatic N) is 3. The first-order valence-corrected chi connectivity index (χ1v) is 11.2. The smallest absolute Gasteiger partial charge is 0.170 e. The van der Waals surface area contributed by atoms with E-state index in [-0.39, 0.29) is 12.1 Å². The molecule has 5 nitrogen and oxygen atoms in total. The van der Waals surface area contributed by atoms with E-state index in [1.54, 1.807) is 7.11 Å². The molecule has 0 bridgehead atoms. The Balaban J connectivity index is 1.84. The molecule has 162 valence electrons. The van der Waals surface area contributed by atoms with Gasteiger partial charge in [0.2, 0.25) is 0 Å². The maximum atomic E-state index is 5.80. The number of pyridine rings is 1. The first kappa shape index (κ1) is 21.5. The second-order valence-electron chi connectivity index (χ2n) is 8.05. The summed E-state index contributed by atoms with van der Waals surface area (Å²) < 4.78 is 7.67. The molecule has 0 saturated carbocycles. The fourth-order valence-electron chi connectivity index (χ4n) is 4.75. The average molecular weight is 435 g/mol. The fraction of sp³-hybridized carbons (Fsp3) is 0.360. The van der Waals surface area contributed by atoms with Crippen molar-refractivity contribution in [1.82, 2.24) is 19.8 Å². The third-order valence-corrected chi connectivity index (χ3v) is 6.62. The highest BCUT2D eigenvalue weighted by molar-refractivity contribution is 7.80. The van der Waals surface area contributed by atoms with Crippen molar-refractivity contribution in [2.75, 3.05) is 20.3 Å². The van der Waals surface area contributed by atoms with Gasteiger partial charge in [-0.3, -0.25) is 4.98 Å². The molecule has 3 aromatic rings. The largest absolute Gasteiger partial charge is 0.385 e. The predicted octanol–water partition coefficient (Wildman–Crippen LogP) is 4.81. The van der Waals surface area contributed by atoms with Gasteiger partial charge in [0.05, 0.1) is 17.8 Å². The van der Waals surface area contributed by atoms with Gasteiger partial charge in [0.25, 0.3) is 0 Å². The van der Waals surface area contributed by atoms with Crippen LogP contribution >= 0.6 is 12.2 Å². The van der Waals surface area contributed by atoms with Crippen molar-refractivity contribution in [3.63, 3.8) is 0 Å². The number of hydrogen-bond donors (Lipinski definition) is 1. The first-order valence-electron chi connectivity index (χ1n) is 10.8. The highest BCUT2D eigenvalue weighted by Crippen LogP contribution is 2.43. The monoisotopic (exact) mass is 434 g/mol. The van der Waals surface area contributed by atoms with Crippen LogP contribution in [0, 0.1) is 20.8 Å². The van der Waals surface area contributed by atoms with Gasteiger partial charge in [-0.1, -0.05) is 24.3 Å². The average Bonchev–Trinajstić information content (AvgIpc) is 3.22. The lowest BCUT2D eigenvalue weighted by Gasteiger charge is -2.29. The quantitative estimate of drug-likeness (QED) is 0.427. The van der Waals surface area contributed by atoms with Crippen molar-refractivity contribution in [3.05, 3.63) is 82.9 Å². The van der Waals surface area contributed by atoms with E-state index in [2.05, 4.69) is 76.9 Å². The van der Waals surface area contributed by atoms with E-state index >= 15 is 0 Å². The molecule has 31 heavy (non-hydrogen) atoms. The van der Waals surface area contributed by atoms with E-state index in [9.17, 15) is 0 Å². The van der Waals surface area contributed by atoms with Crippen LogP contribution in [0.2, 0.25) is 0 Å². The number of hydrogen-bond acceptors (Lipinski definition) is 3. The molecule has 1 aromatic carbocycles. The lowest BCUT2D eigenvalue weighted by molar-refractivity contribution is 0.180. The van der Waals surface area contributed by atoms with Crippen molar-refractivity contribution >= 4 is 17.3 Å². The molecule has 3 heterocycles. The Labute approximate surface area is 190 Å². The summed E-state index contributed by atoms with van der Waals surface area (Å²) in [6, 6.07) is 16.7. The molecule has 0 aliphatic carbocycles. The Morgan fingerprint density at radius 1 is 1.03 bits per heavy atom. The van der Waals surface area contributed by atoms with Gasteiger partial charge in [-0.05, 0) is 69.2 Å². The van der Waals surface area contributed by atoms with Crippen LogP contribution in [0.4, 0.5) is 0 Å². The summed E-state index contributed by atoms with van der Waals surface area (Å²) in [6.45, 7) is 8.18. The first-order chi connectivity index (χ1) is 15.0. The van der Waals surface area contributed by atoms with Crippen LogP contribution in [0.15, 0.2) is 54.7 Å². The summed E-state index contributed by atoms with van der Waals surface area (Å²) in [6.07, 6.45) is 2.77. The van der Waals surface area contributed by atoms with Crippen LogP contribution in [0.25, 0.3) is 5.69 Å². The number of methoxy groups -OCH3 is 1. The zero-order valence-electron chi connectivity index (χ0n) is 18.6. The molecule has 2 aromatic heterocycles. The summed E-state index contributed by atoms with van der Waals surface area (Å²) in [5.41, 5.74) is 7.31. The normalized spacial score (nSPS) is 18.5. The highest BCUT2D eigenvalue weighted by atomic mass is 32.1. The van der Waals surface area contributed by atoms with Crippen LogP contribution in [-0.4, -0.2) is 39.8 Å². The van der Waals surface area contributed by atoms with E-state index in [1.165, 1.54) is 28.2 Å². The molecule has 0 radical (unpaired) electrons. The molecule has 1 N–H and O–H groups in total. The molecule has 0 amide bonds.